The van der Waals surface area contributed by atoms with Gasteiger partial charge in [-0.3, -0.25) is 14.4 Å². The largest absolute Gasteiger partial charge is 0.496 e. The van der Waals surface area contributed by atoms with Crippen LogP contribution in [0.1, 0.15) is 49.3 Å². The lowest BCUT2D eigenvalue weighted by Crippen LogP contribution is -2.39. The van der Waals surface area contributed by atoms with E-state index in [4.69, 9.17) is 43.1 Å². The number of hydrogen-bond donors (Lipinski definition) is 2. The van der Waals surface area contributed by atoms with Crippen LogP contribution >= 0.6 is 23.2 Å². The number of hydrogen-bond acceptors (Lipinski definition) is 10. The molecule has 17 heteroatoms. The Labute approximate surface area is 265 Å². The lowest BCUT2D eigenvalue weighted by atomic mass is 9.89. The van der Waals surface area contributed by atoms with Gasteiger partial charge < -0.3 is 29.8 Å². The number of aromatic amines is 1. The second-order valence-corrected chi connectivity index (χ2v) is 11.3. The molecule has 5 heterocycles. The number of carbonyl (C=O) groups is 2. The first kappa shape index (κ1) is 32.1. The fourth-order valence-electron chi connectivity index (χ4n) is 5.28. The van der Waals surface area contributed by atoms with E-state index in [1.165, 1.54) is 20.5 Å². The number of aromatic nitrogens is 6. The van der Waals surface area contributed by atoms with Crippen molar-refractivity contribution in [1.82, 2.24) is 34.3 Å². The fourth-order valence-corrected chi connectivity index (χ4v) is 5.94. The maximum atomic E-state index is 13.5. The zero-order chi connectivity index (χ0) is 32.6. The number of carbonyl (C=O) groups excluding carboxylic acids is 2. The Morgan fingerprint density at radius 1 is 1.22 bits per heavy atom. The number of rotatable bonds is 7. The standard InChI is InChI=1S/C22H24Cl2N2O5.C6H6N6O2/c1-11-6-17(29-2)15(21(27)25-11)8-26-5-4-13-16(23)7-14(19(24)18(13)22(26)28)20(30-3)12-9-31-10-12;1-11-6(14)12-2-8-3(4(7)13)5(12)9-10-11/h6-7,12,20H,4-5,8-10H2,1-3H3,(H,25,27);2H,1H3,(H2,7,13). The topological polar surface area (TPSA) is 189 Å². The van der Waals surface area contributed by atoms with Crippen LogP contribution in [0.4, 0.5) is 0 Å². The van der Waals surface area contributed by atoms with E-state index < -0.39 is 11.6 Å². The molecule has 15 nitrogen and oxygen atoms in total. The van der Waals surface area contributed by atoms with Crippen molar-refractivity contribution >= 4 is 40.7 Å². The second kappa shape index (κ2) is 13.0. The molecule has 1 aromatic carbocycles. The molecule has 1 atom stereocenters. The second-order valence-electron chi connectivity index (χ2n) is 10.5. The summed E-state index contributed by atoms with van der Waals surface area (Å²) in [5.41, 5.74) is 7.18. The van der Waals surface area contributed by atoms with Crippen LogP contribution in [0.5, 0.6) is 5.75 Å². The Morgan fingerprint density at radius 3 is 2.58 bits per heavy atom. The first-order chi connectivity index (χ1) is 21.5. The molecule has 0 spiro atoms. The molecule has 2 amide bonds. The van der Waals surface area contributed by atoms with Gasteiger partial charge in [0.05, 0.1) is 49.1 Å². The summed E-state index contributed by atoms with van der Waals surface area (Å²) in [7, 11) is 4.55. The number of imidazole rings is 1. The van der Waals surface area contributed by atoms with Gasteiger partial charge in [0.1, 0.15) is 12.1 Å². The monoisotopic (exact) mass is 660 g/mol. The van der Waals surface area contributed by atoms with E-state index in [-0.39, 0.29) is 41.4 Å². The van der Waals surface area contributed by atoms with Crippen LogP contribution in [0, 0.1) is 12.8 Å². The van der Waals surface area contributed by atoms with Crippen molar-refractivity contribution in [2.45, 2.75) is 26.0 Å². The molecule has 0 saturated carbocycles. The highest BCUT2D eigenvalue weighted by molar-refractivity contribution is 6.37. The Bertz CT molecular complexity index is 1920. The molecule has 45 heavy (non-hydrogen) atoms. The Kier molecular flexibility index (Phi) is 9.25. The highest BCUT2D eigenvalue weighted by Crippen LogP contribution is 2.42. The van der Waals surface area contributed by atoms with E-state index in [2.05, 4.69) is 20.3 Å². The summed E-state index contributed by atoms with van der Waals surface area (Å²) < 4.78 is 18.5. The highest BCUT2D eigenvalue weighted by atomic mass is 35.5. The quantitative estimate of drug-likeness (QED) is 0.293. The van der Waals surface area contributed by atoms with Gasteiger partial charge in [-0.2, -0.15) is 4.68 Å². The number of aryl methyl sites for hydroxylation is 2. The van der Waals surface area contributed by atoms with E-state index in [0.717, 1.165) is 14.6 Å². The van der Waals surface area contributed by atoms with Gasteiger partial charge in [0.2, 0.25) is 0 Å². The molecule has 2 aliphatic heterocycles. The summed E-state index contributed by atoms with van der Waals surface area (Å²) in [6.07, 6.45) is 1.41. The number of pyridine rings is 1. The molecule has 2 aliphatic rings. The van der Waals surface area contributed by atoms with Gasteiger partial charge in [0.25, 0.3) is 17.4 Å². The molecule has 1 unspecified atom stereocenters. The molecule has 0 radical (unpaired) electrons. The third kappa shape index (κ3) is 6.03. The highest BCUT2D eigenvalue weighted by Gasteiger charge is 2.36. The molecule has 4 aromatic rings. The van der Waals surface area contributed by atoms with Gasteiger partial charge in [-0.1, -0.05) is 28.4 Å². The van der Waals surface area contributed by atoms with E-state index in [9.17, 15) is 19.2 Å². The molecular formula is C28H30Cl2N8O7. The molecule has 0 bridgehead atoms. The number of fused-ring (bicyclic) bond motifs is 2. The number of primary amides is 1. The van der Waals surface area contributed by atoms with Gasteiger partial charge in [-0.25, -0.2) is 14.2 Å². The van der Waals surface area contributed by atoms with Crippen molar-refractivity contribution in [2.75, 3.05) is 34.0 Å². The van der Waals surface area contributed by atoms with Crippen LogP contribution < -0.4 is 21.7 Å². The maximum Gasteiger partial charge on any atom is 0.352 e. The summed E-state index contributed by atoms with van der Waals surface area (Å²) in [5.74, 6) is -0.407. The van der Waals surface area contributed by atoms with E-state index in [0.29, 0.717) is 64.4 Å². The van der Waals surface area contributed by atoms with Crippen molar-refractivity contribution < 1.29 is 23.8 Å². The number of nitrogens with one attached hydrogen (secondary N) is 1. The zero-order valence-corrected chi connectivity index (χ0v) is 26.3. The van der Waals surface area contributed by atoms with Crippen LogP contribution in [-0.2, 0) is 29.5 Å². The van der Waals surface area contributed by atoms with Crippen LogP contribution in [0.2, 0.25) is 10.0 Å². The first-order valence-corrected chi connectivity index (χ1v) is 14.5. The number of H-pyrrole nitrogens is 1. The van der Waals surface area contributed by atoms with Crippen LogP contribution in [0.3, 0.4) is 0 Å². The number of nitrogens with zero attached hydrogens (tertiary/aromatic N) is 6. The minimum absolute atomic E-state index is 0.0600. The third-order valence-electron chi connectivity index (χ3n) is 7.66. The molecule has 238 valence electrons. The van der Waals surface area contributed by atoms with Crippen molar-refractivity contribution in [3.63, 3.8) is 0 Å². The molecule has 1 fully saturated rings. The van der Waals surface area contributed by atoms with Crippen LogP contribution in [0.15, 0.2) is 28.0 Å². The average Bonchev–Trinajstić information content (AvgIpc) is 3.42. The molecule has 0 aliphatic carbocycles. The van der Waals surface area contributed by atoms with Crippen molar-refractivity contribution in [1.29, 1.82) is 0 Å². The minimum atomic E-state index is -0.741. The average molecular weight is 662 g/mol. The number of nitrogens with two attached hydrogens (primary N) is 1. The number of methoxy groups -OCH3 is 2. The van der Waals surface area contributed by atoms with Gasteiger partial charge in [0, 0.05) is 42.9 Å². The Balaban J connectivity index is 0.000000238. The predicted octanol–water partition coefficient (Wildman–Crippen LogP) is 1.45. The number of halogens is 2. The number of ether oxygens (including phenoxy) is 3. The fraction of sp³-hybridized carbons (Fsp3) is 0.393. The predicted molar refractivity (Wildman–Crippen MR) is 162 cm³/mol. The molecule has 6 rings (SSSR count). The number of benzene rings is 1. The normalized spacial score (nSPS) is 15.2. The lowest BCUT2D eigenvalue weighted by Gasteiger charge is -2.35. The summed E-state index contributed by atoms with van der Waals surface area (Å²) in [6, 6.07) is 3.54. The van der Waals surface area contributed by atoms with Gasteiger partial charge >= 0.3 is 5.69 Å². The van der Waals surface area contributed by atoms with Gasteiger partial charge in [-0.15, -0.1) is 5.10 Å². The third-order valence-corrected chi connectivity index (χ3v) is 8.41. The van der Waals surface area contributed by atoms with Gasteiger partial charge in [-0.05, 0) is 31.0 Å². The Hall–Kier alpha value is -4.31. The van der Waals surface area contributed by atoms with Crippen molar-refractivity contribution in [3.8, 4) is 5.75 Å². The van der Waals surface area contributed by atoms with Crippen LogP contribution in [0.25, 0.3) is 5.65 Å². The zero-order valence-electron chi connectivity index (χ0n) is 24.8. The molecule has 3 N–H and O–H groups in total. The Morgan fingerprint density at radius 2 is 1.96 bits per heavy atom. The SMILES string of the molecule is COc1cc(C)[nH]c(=O)c1CN1CCc2c(Cl)cc(C(OC)C3COC3)c(Cl)c2C1=O.Cn1nnc2c(C(N)=O)ncn2c1=O. The van der Waals surface area contributed by atoms with Crippen molar-refractivity contribution in [2.24, 2.45) is 18.7 Å². The first-order valence-electron chi connectivity index (χ1n) is 13.7. The summed E-state index contributed by atoms with van der Waals surface area (Å²) in [5, 5.41) is 7.98. The van der Waals surface area contributed by atoms with E-state index in [1.807, 2.05) is 0 Å². The summed E-state index contributed by atoms with van der Waals surface area (Å²) in [4.78, 5) is 56.2. The summed E-state index contributed by atoms with van der Waals surface area (Å²) in [6.45, 7) is 3.44. The molecule has 3 aromatic heterocycles. The van der Waals surface area contributed by atoms with E-state index >= 15 is 0 Å². The smallest absolute Gasteiger partial charge is 0.352 e. The molecule has 1 saturated heterocycles. The molecular weight excluding hydrogens is 631 g/mol. The minimum Gasteiger partial charge on any atom is -0.496 e. The summed E-state index contributed by atoms with van der Waals surface area (Å²) >= 11 is 13.3. The van der Waals surface area contributed by atoms with Crippen LogP contribution in [-0.4, -0.2) is 80.1 Å². The van der Waals surface area contributed by atoms with E-state index in [1.54, 1.807) is 31.1 Å². The number of amides is 2. The van der Waals surface area contributed by atoms with Gasteiger partial charge in [0.15, 0.2) is 11.3 Å². The van der Waals surface area contributed by atoms with Crippen molar-refractivity contribution in [3.05, 3.63) is 83.0 Å². The maximum absolute atomic E-state index is 13.5. The lowest BCUT2D eigenvalue weighted by molar-refractivity contribution is -0.105.